The molecular weight excluding hydrogens is 589 g/mol. The molecule has 4 aliphatic rings. The lowest BCUT2D eigenvalue weighted by Gasteiger charge is -2.45. The number of rotatable bonds is 9. The fraction of sp³-hybridized carbons (Fsp3) is 0.667. The molecule has 0 amide bonds. The molecule has 13 heteroatoms. The van der Waals surface area contributed by atoms with E-state index in [-0.39, 0.29) is 34.5 Å². The van der Waals surface area contributed by atoms with Crippen molar-refractivity contribution in [2.75, 3.05) is 56.3 Å². The first-order chi connectivity index (χ1) is 20.7. The van der Waals surface area contributed by atoms with E-state index in [0.29, 0.717) is 69.2 Å². The standard InChI is InChI=1S/C30H38ClF3N4O5/c31-28-27(35-13-20-17-41-16-19-1-10-26(19)20)14-36-38(29(28)39)23-4-2-21(3-5-23)37(15-25-18-40-11-12-42-25)22-6-8-24(9-7-22)43-30(32,33)34/h6-9,14,19-21,23,25-26,35H,1-5,10-13,15-18H2/t19-,20-,21?,23?,25+,26-/m1/s1. The van der Waals surface area contributed by atoms with E-state index in [1.165, 1.54) is 29.7 Å². The molecule has 2 saturated heterocycles. The highest BCUT2D eigenvalue weighted by Crippen LogP contribution is 2.43. The summed E-state index contributed by atoms with van der Waals surface area (Å²) in [4.78, 5) is 15.4. The quantitative estimate of drug-likeness (QED) is 0.402. The first-order valence-electron chi connectivity index (χ1n) is 15.2. The largest absolute Gasteiger partial charge is 0.573 e. The van der Waals surface area contributed by atoms with Crippen molar-refractivity contribution < 1.29 is 32.1 Å². The molecule has 0 spiro atoms. The minimum Gasteiger partial charge on any atom is -0.406 e. The SMILES string of the molecule is O=c1c(Cl)c(NC[C@@H]2COC[C@H]3CC[C@H]32)cnn1C1CCC(N(C[C@H]2COCCO2)c2ccc(OC(F)(F)F)cc2)CC1. The van der Waals surface area contributed by atoms with Crippen molar-refractivity contribution in [1.29, 1.82) is 0 Å². The Morgan fingerprint density at radius 1 is 1.02 bits per heavy atom. The summed E-state index contributed by atoms with van der Waals surface area (Å²) < 4.78 is 60.9. The second-order valence-corrected chi connectivity index (χ2v) is 12.4. The fourth-order valence-electron chi connectivity index (χ4n) is 6.98. The van der Waals surface area contributed by atoms with Crippen molar-refractivity contribution in [3.63, 3.8) is 0 Å². The maximum absolute atomic E-state index is 13.3. The van der Waals surface area contributed by atoms with E-state index >= 15 is 0 Å². The number of hydrogen-bond donors (Lipinski definition) is 1. The third-order valence-corrected chi connectivity index (χ3v) is 9.75. The van der Waals surface area contributed by atoms with E-state index in [0.717, 1.165) is 31.7 Å². The first-order valence-corrected chi connectivity index (χ1v) is 15.5. The van der Waals surface area contributed by atoms with E-state index in [9.17, 15) is 18.0 Å². The molecule has 6 rings (SSSR count). The predicted molar refractivity (Wildman–Crippen MR) is 155 cm³/mol. The summed E-state index contributed by atoms with van der Waals surface area (Å²) in [5.41, 5.74) is 1.02. The number of benzene rings is 1. The van der Waals surface area contributed by atoms with Gasteiger partial charge >= 0.3 is 6.36 Å². The van der Waals surface area contributed by atoms with Crippen LogP contribution in [-0.2, 0) is 14.2 Å². The van der Waals surface area contributed by atoms with Crippen LogP contribution in [0.4, 0.5) is 24.5 Å². The Balaban J connectivity index is 1.10. The van der Waals surface area contributed by atoms with Crippen molar-refractivity contribution in [3.8, 4) is 5.75 Å². The summed E-state index contributed by atoms with van der Waals surface area (Å²) in [6, 6.07) is 5.92. The number of nitrogens with zero attached hydrogens (tertiary/aromatic N) is 3. The van der Waals surface area contributed by atoms with Crippen LogP contribution in [0.3, 0.4) is 0 Å². The molecule has 0 bridgehead atoms. The van der Waals surface area contributed by atoms with E-state index in [1.54, 1.807) is 18.3 Å². The van der Waals surface area contributed by atoms with Gasteiger partial charge in [0.25, 0.3) is 5.56 Å². The highest BCUT2D eigenvalue weighted by molar-refractivity contribution is 6.32. The minimum absolute atomic E-state index is 0.0938. The van der Waals surface area contributed by atoms with Gasteiger partial charge in [0.2, 0.25) is 0 Å². The number of ether oxygens (including phenoxy) is 4. The number of halogens is 4. The lowest BCUT2D eigenvalue weighted by Crippen LogP contribution is -2.46. The number of alkyl halides is 3. The van der Waals surface area contributed by atoms with Crippen LogP contribution in [-0.4, -0.2) is 74.4 Å². The van der Waals surface area contributed by atoms with Crippen LogP contribution >= 0.6 is 11.6 Å². The molecule has 43 heavy (non-hydrogen) atoms. The molecule has 9 nitrogen and oxygen atoms in total. The molecular formula is C30H38ClF3N4O5. The summed E-state index contributed by atoms with van der Waals surface area (Å²) in [6.45, 7) is 4.31. The Bertz CT molecular complexity index is 1280. The summed E-state index contributed by atoms with van der Waals surface area (Å²) in [7, 11) is 0. The van der Waals surface area contributed by atoms with Gasteiger partial charge in [-0.25, -0.2) is 4.68 Å². The summed E-state index contributed by atoms with van der Waals surface area (Å²) in [6.07, 6.45) is 2.13. The van der Waals surface area contributed by atoms with E-state index in [2.05, 4.69) is 20.1 Å². The van der Waals surface area contributed by atoms with Crippen molar-refractivity contribution in [2.45, 2.75) is 63.1 Å². The molecule has 0 radical (unpaired) electrons. The zero-order valence-corrected chi connectivity index (χ0v) is 24.7. The summed E-state index contributed by atoms with van der Waals surface area (Å²) in [5.74, 6) is 1.46. The van der Waals surface area contributed by atoms with Crippen LogP contribution in [0.2, 0.25) is 5.02 Å². The van der Waals surface area contributed by atoms with Gasteiger partial charge in [-0.05, 0) is 74.6 Å². The van der Waals surface area contributed by atoms with Crippen LogP contribution in [0.25, 0.3) is 0 Å². The second kappa shape index (κ2) is 13.2. The lowest BCUT2D eigenvalue weighted by molar-refractivity contribution is -0.274. The minimum atomic E-state index is -4.75. The summed E-state index contributed by atoms with van der Waals surface area (Å²) >= 11 is 6.55. The van der Waals surface area contributed by atoms with Crippen molar-refractivity contribution >= 4 is 23.0 Å². The Kier molecular flexibility index (Phi) is 9.37. The van der Waals surface area contributed by atoms with Gasteiger partial charge in [0.15, 0.2) is 0 Å². The molecule has 1 aromatic heterocycles. The number of anilines is 2. The molecule has 2 aliphatic heterocycles. The van der Waals surface area contributed by atoms with E-state index in [1.807, 2.05) is 0 Å². The highest BCUT2D eigenvalue weighted by Gasteiger charge is 2.40. The molecule has 1 aromatic carbocycles. The molecule has 2 saturated carbocycles. The van der Waals surface area contributed by atoms with Gasteiger partial charge in [0, 0.05) is 37.3 Å². The topological polar surface area (TPSA) is 87.1 Å². The van der Waals surface area contributed by atoms with Crippen molar-refractivity contribution in [2.24, 2.45) is 17.8 Å². The van der Waals surface area contributed by atoms with E-state index in [4.69, 9.17) is 25.8 Å². The normalized spacial score (nSPS) is 29.3. The second-order valence-electron chi connectivity index (χ2n) is 12.0. The molecule has 2 aromatic rings. The Labute approximate surface area is 253 Å². The fourth-order valence-corrected chi connectivity index (χ4v) is 7.18. The highest BCUT2D eigenvalue weighted by atomic mass is 35.5. The van der Waals surface area contributed by atoms with E-state index < -0.39 is 6.36 Å². The van der Waals surface area contributed by atoms with Crippen LogP contribution in [0.15, 0.2) is 35.3 Å². The Morgan fingerprint density at radius 2 is 1.81 bits per heavy atom. The molecule has 4 atom stereocenters. The van der Waals surface area contributed by atoms with Gasteiger partial charge in [0.05, 0.1) is 50.5 Å². The van der Waals surface area contributed by atoms with Gasteiger partial charge in [-0.2, -0.15) is 5.10 Å². The molecule has 0 unspecified atom stereocenters. The van der Waals surface area contributed by atoms with Crippen LogP contribution in [0.1, 0.15) is 44.6 Å². The van der Waals surface area contributed by atoms with Gasteiger partial charge < -0.3 is 29.2 Å². The number of fused-ring (bicyclic) bond motifs is 1. The Morgan fingerprint density at radius 3 is 2.49 bits per heavy atom. The maximum Gasteiger partial charge on any atom is 0.573 e. The maximum atomic E-state index is 13.3. The Hall–Kier alpha value is -2.54. The lowest BCUT2D eigenvalue weighted by atomic mass is 9.66. The smallest absolute Gasteiger partial charge is 0.406 e. The average Bonchev–Trinajstić information content (AvgIpc) is 2.98. The number of nitrogens with one attached hydrogen (secondary N) is 1. The number of aromatic nitrogens is 2. The third kappa shape index (κ3) is 7.24. The van der Waals surface area contributed by atoms with Crippen LogP contribution in [0, 0.1) is 17.8 Å². The molecule has 3 heterocycles. The predicted octanol–water partition coefficient (Wildman–Crippen LogP) is 5.29. The zero-order chi connectivity index (χ0) is 30.0. The van der Waals surface area contributed by atoms with Gasteiger partial charge in [0.1, 0.15) is 10.8 Å². The molecule has 236 valence electrons. The van der Waals surface area contributed by atoms with Crippen LogP contribution in [0.5, 0.6) is 5.75 Å². The average molecular weight is 627 g/mol. The van der Waals surface area contributed by atoms with Crippen LogP contribution < -0.4 is 20.5 Å². The van der Waals surface area contributed by atoms with Crippen molar-refractivity contribution in [3.05, 3.63) is 45.8 Å². The van der Waals surface area contributed by atoms with Gasteiger partial charge in [-0.3, -0.25) is 4.79 Å². The van der Waals surface area contributed by atoms with Crippen molar-refractivity contribution in [1.82, 2.24) is 9.78 Å². The monoisotopic (exact) mass is 626 g/mol. The number of hydrogen-bond acceptors (Lipinski definition) is 8. The van der Waals surface area contributed by atoms with Gasteiger partial charge in [-0.1, -0.05) is 11.6 Å². The molecule has 4 fully saturated rings. The molecule has 1 N–H and O–H groups in total. The third-order valence-electron chi connectivity index (χ3n) is 9.38. The van der Waals surface area contributed by atoms with Gasteiger partial charge in [-0.15, -0.1) is 13.2 Å². The zero-order valence-electron chi connectivity index (χ0n) is 23.9. The molecule has 2 aliphatic carbocycles. The summed E-state index contributed by atoms with van der Waals surface area (Å²) in [5, 5.41) is 8.00. The first kappa shape index (κ1) is 30.5.